The Bertz CT molecular complexity index is 198. The Labute approximate surface area is 119 Å². The van der Waals surface area contributed by atoms with Crippen molar-refractivity contribution in [3.8, 4) is 0 Å². The second-order valence-electron chi connectivity index (χ2n) is 6.20. The smallest absolute Gasteiger partial charge is 0.0600 e. The fourth-order valence-corrected chi connectivity index (χ4v) is 2.66. The first-order valence-electron chi connectivity index (χ1n) is 7.87. The maximum Gasteiger partial charge on any atom is 0.0600 e. The van der Waals surface area contributed by atoms with Crippen molar-refractivity contribution in [3.05, 3.63) is 0 Å². The standard InChI is InChI=1S/C6H12O.2C5H10O/c1-3-6-4-5(2)7-6;2*1-4-3-5(2)6-4/h5-6H,3-4H2,1-2H3;2*4-5H,3H2,1-2H3. The van der Waals surface area contributed by atoms with E-state index >= 15 is 0 Å². The first-order chi connectivity index (χ1) is 8.90. The van der Waals surface area contributed by atoms with Crippen LogP contribution in [-0.2, 0) is 14.2 Å². The Morgan fingerprint density at radius 2 is 0.895 bits per heavy atom. The first kappa shape index (κ1) is 16.9. The molecule has 0 aromatic carbocycles. The minimum Gasteiger partial charge on any atom is -0.375 e. The minimum absolute atomic E-state index is 0.542. The summed E-state index contributed by atoms with van der Waals surface area (Å²) in [5, 5.41) is 0. The molecule has 6 unspecified atom stereocenters. The fourth-order valence-electron chi connectivity index (χ4n) is 2.66. The molecule has 0 radical (unpaired) electrons. The molecule has 3 aliphatic rings. The van der Waals surface area contributed by atoms with Gasteiger partial charge in [0.1, 0.15) is 0 Å². The normalized spacial score (nSPS) is 43.3. The van der Waals surface area contributed by atoms with E-state index in [1.54, 1.807) is 0 Å². The van der Waals surface area contributed by atoms with E-state index in [1.807, 2.05) is 0 Å². The quantitative estimate of drug-likeness (QED) is 0.723. The van der Waals surface area contributed by atoms with E-state index in [0.717, 1.165) is 0 Å². The van der Waals surface area contributed by atoms with Crippen LogP contribution in [-0.4, -0.2) is 36.6 Å². The summed E-state index contributed by atoms with van der Waals surface area (Å²) < 4.78 is 15.6. The minimum atomic E-state index is 0.542. The van der Waals surface area contributed by atoms with Crippen molar-refractivity contribution >= 4 is 0 Å². The monoisotopic (exact) mass is 272 g/mol. The first-order valence-corrected chi connectivity index (χ1v) is 7.87. The Balaban J connectivity index is 0.000000143. The van der Waals surface area contributed by atoms with Crippen LogP contribution in [0.25, 0.3) is 0 Å². The summed E-state index contributed by atoms with van der Waals surface area (Å²) in [5.74, 6) is 0. The van der Waals surface area contributed by atoms with Gasteiger partial charge in [-0.25, -0.2) is 0 Å². The van der Waals surface area contributed by atoms with Gasteiger partial charge in [-0.05, 0) is 60.3 Å². The summed E-state index contributed by atoms with van der Waals surface area (Å²) in [6.45, 7) is 12.7. The van der Waals surface area contributed by atoms with Crippen LogP contribution >= 0.6 is 0 Å². The molecule has 0 aromatic heterocycles. The van der Waals surface area contributed by atoms with E-state index in [2.05, 4.69) is 41.5 Å². The lowest BCUT2D eigenvalue weighted by Gasteiger charge is -2.32. The Morgan fingerprint density at radius 1 is 0.632 bits per heavy atom. The molecule has 0 spiro atoms. The SMILES string of the molecule is CC1CC(C)O1.CC1CC(C)O1.CCC1CC(C)O1. The summed E-state index contributed by atoms with van der Waals surface area (Å²) in [4.78, 5) is 0. The summed E-state index contributed by atoms with van der Waals surface area (Å²) in [6.07, 6.45) is 8.26. The number of hydrogen-bond acceptors (Lipinski definition) is 3. The van der Waals surface area contributed by atoms with Crippen molar-refractivity contribution < 1.29 is 14.2 Å². The zero-order valence-corrected chi connectivity index (χ0v) is 13.5. The highest BCUT2D eigenvalue weighted by atomic mass is 16.5. The second kappa shape index (κ2) is 8.23. The molecule has 6 atom stereocenters. The Morgan fingerprint density at radius 3 is 0.947 bits per heavy atom. The molecule has 3 saturated heterocycles. The lowest BCUT2D eigenvalue weighted by molar-refractivity contribution is -0.114. The van der Waals surface area contributed by atoms with Crippen molar-refractivity contribution in [2.75, 3.05) is 0 Å². The van der Waals surface area contributed by atoms with Crippen LogP contribution in [0.4, 0.5) is 0 Å². The highest BCUT2D eigenvalue weighted by Gasteiger charge is 2.23. The van der Waals surface area contributed by atoms with Crippen molar-refractivity contribution in [3.63, 3.8) is 0 Å². The molecule has 0 N–H and O–H groups in total. The van der Waals surface area contributed by atoms with Gasteiger partial charge in [0.2, 0.25) is 0 Å². The van der Waals surface area contributed by atoms with Crippen molar-refractivity contribution in [1.29, 1.82) is 0 Å². The molecule has 3 aliphatic heterocycles. The molecule has 0 aromatic rings. The van der Waals surface area contributed by atoms with E-state index in [9.17, 15) is 0 Å². The highest BCUT2D eigenvalue weighted by Crippen LogP contribution is 2.21. The molecule has 114 valence electrons. The molecular weight excluding hydrogens is 240 g/mol. The topological polar surface area (TPSA) is 27.7 Å². The highest BCUT2D eigenvalue weighted by molar-refractivity contribution is 4.71. The zero-order valence-electron chi connectivity index (χ0n) is 13.5. The average molecular weight is 272 g/mol. The van der Waals surface area contributed by atoms with Gasteiger partial charge >= 0.3 is 0 Å². The molecule has 3 heteroatoms. The number of ether oxygens (including phenoxy) is 3. The van der Waals surface area contributed by atoms with Gasteiger partial charge in [-0.3, -0.25) is 0 Å². The lowest BCUT2D eigenvalue weighted by atomic mass is 10.1. The van der Waals surface area contributed by atoms with Crippen molar-refractivity contribution in [2.45, 2.75) is 104 Å². The van der Waals surface area contributed by atoms with Crippen LogP contribution < -0.4 is 0 Å². The predicted molar refractivity (Wildman–Crippen MR) is 78.5 cm³/mol. The average Bonchev–Trinajstić information content (AvgIpc) is 2.23. The van der Waals surface area contributed by atoms with Gasteiger partial charge in [-0.2, -0.15) is 0 Å². The van der Waals surface area contributed by atoms with Gasteiger partial charge in [-0.1, -0.05) is 6.92 Å². The molecule has 19 heavy (non-hydrogen) atoms. The molecule has 3 heterocycles. The summed E-state index contributed by atoms with van der Waals surface area (Å²) in [6, 6.07) is 0. The largest absolute Gasteiger partial charge is 0.375 e. The van der Waals surface area contributed by atoms with Crippen molar-refractivity contribution in [2.24, 2.45) is 0 Å². The third-order valence-corrected chi connectivity index (χ3v) is 3.73. The third-order valence-electron chi connectivity index (χ3n) is 3.73. The van der Waals surface area contributed by atoms with Gasteiger partial charge < -0.3 is 14.2 Å². The van der Waals surface area contributed by atoms with E-state index in [1.165, 1.54) is 25.7 Å². The van der Waals surface area contributed by atoms with Crippen LogP contribution in [0.5, 0.6) is 0 Å². The van der Waals surface area contributed by atoms with Crippen LogP contribution in [0.1, 0.15) is 67.2 Å². The van der Waals surface area contributed by atoms with Gasteiger partial charge in [0.25, 0.3) is 0 Å². The molecule has 0 saturated carbocycles. The Kier molecular flexibility index (Phi) is 7.33. The Hall–Kier alpha value is -0.120. The van der Waals surface area contributed by atoms with E-state index < -0.39 is 0 Å². The van der Waals surface area contributed by atoms with Gasteiger partial charge in [0.15, 0.2) is 0 Å². The van der Waals surface area contributed by atoms with Gasteiger partial charge in [0.05, 0.1) is 36.6 Å². The summed E-state index contributed by atoms with van der Waals surface area (Å²) in [7, 11) is 0. The van der Waals surface area contributed by atoms with E-state index in [4.69, 9.17) is 14.2 Å². The second-order valence-corrected chi connectivity index (χ2v) is 6.20. The summed E-state index contributed by atoms with van der Waals surface area (Å²) in [5.41, 5.74) is 0. The van der Waals surface area contributed by atoms with Crippen LogP contribution in [0.2, 0.25) is 0 Å². The molecule has 3 nitrogen and oxygen atoms in total. The van der Waals surface area contributed by atoms with Crippen LogP contribution in [0.3, 0.4) is 0 Å². The molecular formula is C16H32O3. The van der Waals surface area contributed by atoms with Crippen molar-refractivity contribution in [1.82, 2.24) is 0 Å². The summed E-state index contributed by atoms with van der Waals surface area (Å²) >= 11 is 0. The van der Waals surface area contributed by atoms with E-state index in [-0.39, 0.29) is 0 Å². The maximum atomic E-state index is 5.29. The van der Waals surface area contributed by atoms with E-state index in [0.29, 0.717) is 36.6 Å². The molecule has 0 bridgehead atoms. The van der Waals surface area contributed by atoms with Crippen LogP contribution in [0, 0.1) is 0 Å². The van der Waals surface area contributed by atoms with Crippen LogP contribution in [0.15, 0.2) is 0 Å². The molecule has 3 rings (SSSR count). The number of hydrogen-bond donors (Lipinski definition) is 0. The zero-order chi connectivity index (χ0) is 14.4. The van der Waals surface area contributed by atoms with Gasteiger partial charge in [0, 0.05) is 0 Å². The molecule has 0 aliphatic carbocycles. The third kappa shape index (κ3) is 6.73. The predicted octanol–water partition coefficient (Wildman–Crippen LogP) is 3.94. The number of rotatable bonds is 1. The molecule has 0 amide bonds. The van der Waals surface area contributed by atoms with Gasteiger partial charge in [-0.15, -0.1) is 0 Å². The fraction of sp³-hybridized carbons (Fsp3) is 1.00. The maximum absolute atomic E-state index is 5.29. The molecule has 3 fully saturated rings. The lowest BCUT2D eigenvalue weighted by Crippen LogP contribution is -2.34.